The molecule has 0 nitrogen and oxygen atoms in total. The Hall–Kier alpha value is 0.580. The zero-order valence-corrected chi connectivity index (χ0v) is 6.96. The van der Waals surface area contributed by atoms with Crippen molar-refractivity contribution in [3.63, 3.8) is 0 Å². The summed E-state index contributed by atoms with van der Waals surface area (Å²) in [6, 6.07) is 0. The van der Waals surface area contributed by atoms with Gasteiger partial charge in [-0.05, 0) is 25.7 Å². The van der Waals surface area contributed by atoms with Crippen molar-refractivity contribution in [1.82, 2.24) is 0 Å². The number of alkyl halides is 2. The van der Waals surface area contributed by atoms with Gasteiger partial charge in [-0.1, -0.05) is 6.42 Å². The van der Waals surface area contributed by atoms with Crippen molar-refractivity contribution in [3.05, 3.63) is 0 Å². The molecule has 0 heterocycles. The Kier molecular flexibility index (Phi) is 3.14. The molecule has 1 aliphatic carbocycles. The highest BCUT2D eigenvalue weighted by molar-refractivity contribution is 6.21. The Balaban J connectivity index is 2.25. The van der Waals surface area contributed by atoms with Crippen molar-refractivity contribution in [2.24, 2.45) is 0 Å². The maximum atomic E-state index is 5.93. The van der Waals surface area contributed by atoms with Crippen LogP contribution in [0.3, 0.4) is 0 Å². The van der Waals surface area contributed by atoms with Gasteiger partial charge in [0.05, 0.1) is 0 Å². The average molecular weight is 167 g/mol. The van der Waals surface area contributed by atoms with Crippen molar-refractivity contribution in [2.45, 2.75) is 42.9 Å². The molecule has 0 amide bonds. The number of hydrogen-bond donors (Lipinski definition) is 0. The molecule has 0 bridgehead atoms. The van der Waals surface area contributed by atoms with Crippen LogP contribution in [-0.4, -0.2) is 10.8 Å². The molecule has 1 saturated carbocycles. The van der Waals surface area contributed by atoms with E-state index in [2.05, 4.69) is 0 Å². The summed E-state index contributed by atoms with van der Waals surface area (Å²) in [5, 5.41) is 0.794. The lowest BCUT2D eigenvalue weighted by Gasteiger charge is -2.02. The predicted molar refractivity (Wildman–Crippen MR) is 42.4 cm³/mol. The van der Waals surface area contributed by atoms with Crippen LogP contribution in [-0.2, 0) is 0 Å². The van der Waals surface area contributed by atoms with E-state index in [0.717, 1.165) is 25.7 Å². The van der Waals surface area contributed by atoms with Crippen LogP contribution in [0.5, 0.6) is 0 Å². The molecule has 0 aromatic rings. The van der Waals surface area contributed by atoms with Crippen LogP contribution in [0.25, 0.3) is 0 Å². The lowest BCUT2D eigenvalue weighted by molar-refractivity contribution is 0.709. The molecular formula is C7H12Cl2. The minimum Gasteiger partial charge on any atom is -0.123 e. The summed E-state index contributed by atoms with van der Waals surface area (Å²) in [5.41, 5.74) is 0. The van der Waals surface area contributed by atoms with Crippen LogP contribution in [0, 0.1) is 0 Å². The van der Waals surface area contributed by atoms with Gasteiger partial charge in [0.25, 0.3) is 0 Å². The summed E-state index contributed by atoms with van der Waals surface area (Å²) >= 11 is 11.9. The van der Waals surface area contributed by atoms with Gasteiger partial charge in [0.15, 0.2) is 0 Å². The standard InChI is InChI=1S/C7H12Cl2/c8-6-2-1-3-7(9)5-4-6/h6-7H,1-5H2. The van der Waals surface area contributed by atoms with E-state index < -0.39 is 0 Å². The Morgan fingerprint density at radius 2 is 1.22 bits per heavy atom. The molecule has 1 rings (SSSR count). The summed E-state index contributed by atoms with van der Waals surface area (Å²) in [6.45, 7) is 0. The molecule has 0 aliphatic heterocycles. The Bertz CT molecular complexity index is 73.0. The van der Waals surface area contributed by atoms with Gasteiger partial charge in [0.1, 0.15) is 0 Å². The molecule has 1 aliphatic rings. The van der Waals surface area contributed by atoms with Gasteiger partial charge in [0.2, 0.25) is 0 Å². The van der Waals surface area contributed by atoms with Crippen molar-refractivity contribution < 1.29 is 0 Å². The quantitative estimate of drug-likeness (QED) is 0.384. The van der Waals surface area contributed by atoms with Crippen LogP contribution >= 0.6 is 23.2 Å². The average Bonchev–Trinajstić information content (AvgIpc) is 1.97. The number of rotatable bonds is 0. The lowest BCUT2D eigenvalue weighted by atomic mass is 10.2. The summed E-state index contributed by atoms with van der Waals surface area (Å²) in [4.78, 5) is 0. The van der Waals surface area contributed by atoms with Gasteiger partial charge in [-0.25, -0.2) is 0 Å². The van der Waals surface area contributed by atoms with E-state index in [1.54, 1.807) is 0 Å². The molecular weight excluding hydrogens is 155 g/mol. The monoisotopic (exact) mass is 166 g/mol. The third kappa shape index (κ3) is 2.77. The van der Waals surface area contributed by atoms with Crippen LogP contribution < -0.4 is 0 Å². The van der Waals surface area contributed by atoms with Gasteiger partial charge in [-0.2, -0.15) is 0 Å². The highest BCUT2D eigenvalue weighted by Crippen LogP contribution is 2.24. The zero-order valence-electron chi connectivity index (χ0n) is 5.45. The topological polar surface area (TPSA) is 0 Å². The molecule has 2 unspecified atom stereocenters. The molecule has 0 aromatic heterocycles. The van der Waals surface area contributed by atoms with E-state index in [-0.39, 0.29) is 0 Å². The summed E-state index contributed by atoms with van der Waals surface area (Å²) < 4.78 is 0. The maximum absolute atomic E-state index is 5.93. The van der Waals surface area contributed by atoms with Gasteiger partial charge in [-0.15, -0.1) is 23.2 Å². The number of halogens is 2. The molecule has 0 spiro atoms. The van der Waals surface area contributed by atoms with E-state index in [4.69, 9.17) is 23.2 Å². The second-order valence-corrected chi connectivity index (χ2v) is 3.94. The minimum absolute atomic E-state index is 0.397. The van der Waals surface area contributed by atoms with E-state index >= 15 is 0 Å². The second-order valence-electron chi connectivity index (χ2n) is 2.70. The molecule has 0 saturated heterocycles. The van der Waals surface area contributed by atoms with Gasteiger partial charge < -0.3 is 0 Å². The molecule has 1 fully saturated rings. The van der Waals surface area contributed by atoms with E-state index in [1.165, 1.54) is 6.42 Å². The highest BCUT2D eigenvalue weighted by Gasteiger charge is 2.14. The van der Waals surface area contributed by atoms with Gasteiger partial charge in [-0.3, -0.25) is 0 Å². The smallest absolute Gasteiger partial charge is 0.0336 e. The first-order valence-corrected chi connectivity index (χ1v) is 4.44. The van der Waals surface area contributed by atoms with Crippen LogP contribution in [0.4, 0.5) is 0 Å². The van der Waals surface area contributed by atoms with Crippen LogP contribution in [0.15, 0.2) is 0 Å². The second kappa shape index (κ2) is 3.68. The number of hydrogen-bond acceptors (Lipinski definition) is 0. The molecule has 9 heavy (non-hydrogen) atoms. The normalized spacial score (nSPS) is 38.0. The lowest BCUT2D eigenvalue weighted by Crippen LogP contribution is -1.96. The molecule has 0 radical (unpaired) electrons. The first kappa shape index (κ1) is 7.68. The van der Waals surface area contributed by atoms with Crippen molar-refractivity contribution in [1.29, 1.82) is 0 Å². The van der Waals surface area contributed by atoms with Crippen molar-refractivity contribution in [3.8, 4) is 0 Å². The Labute approximate surface area is 66.5 Å². The van der Waals surface area contributed by atoms with Crippen LogP contribution in [0.1, 0.15) is 32.1 Å². The Morgan fingerprint density at radius 1 is 0.778 bits per heavy atom. The van der Waals surface area contributed by atoms with Crippen molar-refractivity contribution >= 4 is 23.2 Å². The minimum atomic E-state index is 0.397. The van der Waals surface area contributed by atoms with E-state index in [9.17, 15) is 0 Å². The zero-order chi connectivity index (χ0) is 6.69. The fraction of sp³-hybridized carbons (Fsp3) is 1.00. The van der Waals surface area contributed by atoms with E-state index in [1.807, 2.05) is 0 Å². The summed E-state index contributed by atoms with van der Waals surface area (Å²) in [6.07, 6.45) is 5.74. The van der Waals surface area contributed by atoms with Crippen molar-refractivity contribution in [2.75, 3.05) is 0 Å². The highest BCUT2D eigenvalue weighted by atomic mass is 35.5. The first-order chi connectivity index (χ1) is 4.29. The third-order valence-corrected chi connectivity index (χ3v) is 2.70. The van der Waals surface area contributed by atoms with Crippen LogP contribution in [0.2, 0.25) is 0 Å². The van der Waals surface area contributed by atoms with Gasteiger partial charge in [0, 0.05) is 10.8 Å². The molecule has 54 valence electrons. The van der Waals surface area contributed by atoms with E-state index in [0.29, 0.717) is 10.8 Å². The van der Waals surface area contributed by atoms with Gasteiger partial charge >= 0.3 is 0 Å². The molecule has 2 heteroatoms. The predicted octanol–water partition coefficient (Wildman–Crippen LogP) is 3.17. The maximum Gasteiger partial charge on any atom is 0.0336 e. The summed E-state index contributed by atoms with van der Waals surface area (Å²) in [5.74, 6) is 0. The summed E-state index contributed by atoms with van der Waals surface area (Å²) in [7, 11) is 0. The molecule has 0 N–H and O–H groups in total. The molecule has 0 aromatic carbocycles. The SMILES string of the molecule is ClC1CCCC(Cl)CC1. The fourth-order valence-corrected chi connectivity index (χ4v) is 1.77. The largest absolute Gasteiger partial charge is 0.123 e. The first-order valence-electron chi connectivity index (χ1n) is 3.57. The third-order valence-electron chi connectivity index (χ3n) is 1.83. The fourth-order valence-electron chi connectivity index (χ4n) is 1.21. The Morgan fingerprint density at radius 3 is 1.67 bits per heavy atom. The molecule has 2 atom stereocenters.